The van der Waals surface area contributed by atoms with Crippen LogP contribution in [0.15, 0.2) is 39.2 Å². The molecule has 0 bridgehead atoms. The first-order valence-electron chi connectivity index (χ1n) is 5.98. The highest BCUT2D eigenvalue weighted by atomic mass is 79.9. The maximum atomic E-state index is 6.13. The summed E-state index contributed by atoms with van der Waals surface area (Å²) in [5, 5.41) is 0. The summed E-state index contributed by atoms with van der Waals surface area (Å²) in [4.78, 5) is 4.51. The van der Waals surface area contributed by atoms with Crippen molar-refractivity contribution >= 4 is 32.7 Å². The van der Waals surface area contributed by atoms with E-state index in [1.54, 1.807) is 0 Å². The van der Waals surface area contributed by atoms with Crippen molar-refractivity contribution in [3.8, 4) is 11.5 Å². The normalized spacial score (nSPS) is 11.1. The van der Waals surface area contributed by atoms with Crippen LogP contribution in [0.5, 0.6) is 0 Å². The van der Waals surface area contributed by atoms with E-state index in [9.17, 15) is 0 Å². The number of fused-ring (bicyclic) bond motifs is 1. The second-order valence-electron chi connectivity index (χ2n) is 4.67. The van der Waals surface area contributed by atoms with Crippen molar-refractivity contribution in [1.82, 2.24) is 4.98 Å². The summed E-state index contributed by atoms with van der Waals surface area (Å²) >= 11 is 3.43. The fourth-order valence-corrected chi connectivity index (χ4v) is 2.52. The highest BCUT2D eigenvalue weighted by molar-refractivity contribution is 9.10. The Hall–Kier alpha value is -1.81. The number of anilines is 1. The van der Waals surface area contributed by atoms with Gasteiger partial charge in [-0.3, -0.25) is 0 Å². The van der Waals surface area contributed by atoms with Gasteiger partial charge in [-0.25, -0.2) is 4.98 Å². The molecule has 4 heteroatoms. The monoisotopic (exact) mass is 316 g/mol. The van der Waals surface area contributed by atoms with Crippen molar-refractivity contribution < 1.29 is 4.42 Å². The van der Waals surface area contributed by atoms with Gasteiger partial charge in [0.25, 0.3) is 0 Å². The topological polar surface area (TPSA) is 52.0 Å². The van der Waals surface area contributed by atoms with Crippen molar-refractivity contribution in [2.45, 2.75) is 13.8 Å². The van der Waals surface area contributed by atoms with Crippen molar-refractivity contribution in [3.63, 3.8) is 0 Å². The predicted octanol–water partition coefficient (Wildman–Crippen LogP) is 4.46. The number of benzene rings is 2. The number of rotatable bonds is 1. The molecule has 0 aliphatic rings. The van der Waals surface area contributed by atoms with E-state index in [0.29, 0.717) is 5.89 Å². The first-order valence-corrected chi connectivity index (χ1v) is 6.77. The average molecular weight is 317 g/mol. The second-order valence-corrected chi connectivity index (χ2v) is 5.59. The molecule has 0 spiro atoms. The maximum absolute atomic E-state index is 6.13. The average Bonchev–Trinajstić information content (AvgIpc) is 2.76. The molecular formula is C15H13BrN2O. The van der Waals surface area contributed by atoms with Gasteiger partial charge in [0.1, 0.15) is 5.52 Å². The number of halogens is 1. The van der Waals surface area contributed by atoms with Gasteiger partial charge in [0.2, 0.25) is 5.89 Å². The number of nitrogens with zero attached hydrogens (tertiary/aromatic N) is 1. The molecule has 2 aromatic carbocycles. The fraction of sp³-hybridized carbons (Fsp3) is 0.133. The van der Waals surface area contributed by atoms with E-state index in [4.69, 9.17) is 10.2 Å². The van der Waals surface area contributed by atoms with Crippen molar-refractivity contribution in [2.75, 3.05) is 5.73 Å². The van der Waals surface area contributed by atoms with Crippen LogP contribution >= 0.6 is 15.9 Å². The van der Waals surface area contributed by atoms with Crippen LogP contribution in [-0.2, 0) is 0 Å². The lowest BCUT2D eigenvalue weighted by molar-refractivity contribution is 0.620. The van der Waals surface area contributed by atoms with Crippen molar-refractivity contribution in [2.24, 2.45) is 0 Å². The van der Waals surface area contributed by atoms with Crippen molar-refractivity contribution in [1.29, 1.82) is 0 Å². The van der Waals surface area contributed by atoms with Gasteiger partial charge < -0.3 is 10.2 Å². The van der Waals surface area contributed by atoms with Gasteiger partial charge >= 0.3 is 0 Å². The zero-order chi connectivity index (χ0) is 13.6. The molecule has 0 fully saturated rings. The summed E-state index contributed by atoms with van der Waals surface area (Å²) in [5.74, 6) is 0.567. The third kappa shape index (κ3) is 2.12. The highest BCUT2D eigenvalue weighted by Crippen LogP contribution is 2.32. The Labute approximate surface area is 119 Å². The molecule has 3 rings (SSSR count). The number of aryl methyl sites for hydroxylation is 2. The third-order valence-electron chi connectivity index (χ3n) is 3.11. The lowest BCUT2D eigenvalue weighted by Crippen LogP contribution is -1.95. The van der Waals surface area contributed by atoms with Crippen LogP contribution in [0, 0.1) is 13.8 Å². The molecule has 1 heterocycles. The van der Waals surface area contributed by atoms with Gasteiger partial charge in [-0.2, -0.15) is 0 Å². The number of nitrogen functional groups attached to an aromatic ring is 1. The molecule has 2 N–H and O–H groups in total. The highest BCUT2D eigenvalue weighted by Gasteiger charge is 2.13. The van der Waals surface area contributed by atoms with E-state index in [2.05, 4.69) is 27.0 Å². The summed E-state index contributed by atoms with van der Waals surface area (Å²) in [5.41, 5.74) is 11.5. The Balaban J connectivity index is 2.24. The molecule has 0 aliphatic carbocycles. The number of aromatic nitrogens is 1. The summed E-state index contributed by atoms with van der Waals surface area (Å²) in [6, 6.07) is 9.82. The minimum absolute atomic E-state index is 0.567. The second kappa shape index (κ2) is 4.38. The molecule has 96 valence electrons. The molecular weight excluding hydrogens is 304 g/mol. The number of oxazole rings is 1. The maximum Gasteiger partial charge on any atom is 0.229 e. The molecule has 3 aromatic rings. The first kappa shape index (κ1) is 12.2. The van der Waals surface area contributed by atoms with E-state index >= 15 is 0 Å². The lowest BCUT2D eigenvalue weighted by Gasteiger charge is -2.06. The SMILES string of the molecule is Cc1cc(C)c(N)c(-c2nc3cc(Br)ccc3o2)c1. The lowest BCUT2D eigenvalue weighted by atomic mass is 10.0. The predicted molar refractivity (Wildman–Crippen MR) is 81.0 cm³/mol. The van der Waals surface area contributed by atoms with Crippen LogP contribution in [0.1, 0.15) is 11.1 Å². The van der Waals surface area contributed by atoms with Gasteiger partial charge in [-0.05, 0) is 49.2 Å². The Kier molecular flexibility index (Phi) is 2.82. The summed E-state index contributed by atoms with van der Waals surface area (Å²) in [6.45, 7) is 4.03. The first-order chi connectivity index (χ1) is 9.04. The Morgan fingerprint density at radius 3 is 2.74 bits per heavy atom. The number of hydrogen-bond acceptors (Lipinski definition) is 3. The Morgan fingerprint density at radius 2 is 1.95 bits per heavy atom. The zero-order valence-electron chi connectivity index (χ0n) is 10.7. The van der Waals surface area contributed by atoms with E-state index < -0.39 is 0 Å². The molecule has 19 heavy (non-hydrogen) atoms. The van der Waals surface area contributed by atoms with Crippen LogP contribution in [0.4, 0.5) is 5.69 Å². The number of nitrogens with two attached hydrogens (primary N) is 1. The van der Waals surface area contributed by atoms with E-state index in [1.807, 2.05) is 38.1 Å². The summed E-state index contributed by atoms with van der Waals surface area (Å²) in [7, 11) is 0. The fourth-order valence-electron chi connectivity index (χ4n) is 2.17. The summed E-state index contributed by atoms with van der Waals surface area (Å²) in [6.07, 6.45) is 0. The van der Waals surface area contributed by atoms with Gasteiger partial charge in [-0.1, -0.05) is 22.0 Å². The number of hydrogen-bond donors (Lipinski definition) is 1. The molecule has 1 aromatic heterocycles. The van der Waals surface area contributed by atoms with Crippen LogP contribution in [0.3, 0.4) is 0 Å². The third-order valence-corrected chi connectivity index (χ3v) is 3.60. The van der Waals surface area contributed by atoms with E-state index in [-0.39, 0.29) is 0 Å². The largest absolute Gasteiger partial charge is 0.436 e. The molecule has 0 atom stereocenters. The minimum Gasteiger partial charge on any atom is -0.436 e. The van der Waals surface area contributed by atoms with Crippen LogP contribution in [0.25, 0.3) is 22.6 Å². The van der Waals surface area contributed by atoms with E-state index in [1.165, 1.54) is 0 Å². The smallest absolute Gasteiger partial charge is 0.229 e. The summed E-state index contributed by atoms with van der Waals surface area (Å²) < 4.78 is 6.77. The molecule has 0 saturated heterocycles. The minimum atomic E-state index is 0.567. The quantitative estimate of drug-likeness (QED) is 0.674. The zero-order valence-corrected chi connectivity index (χ0v) is 12.3. The standard InChI is InChI=1S/C15H13BrN2O/c1-8-5-9(2)14(17)11(6-8)15-18-12-7-10(16)3-4-13(12)19-15/h3-7H,17H2,1-2H3. The molecule has 3 nitrogen and oxygen atoms in total. The molecule has 0 unspecified atom stereocenters. The van der Waals surface area contributed by atoms with Gasteiger partial charge in [0, 0.05) is 10.2 Å². The molecule has 0 saturated carbocycles. The van der Waals surface area contributed by atoms with Crippen LogP contribution < -0.4 is 5.73 Å². The van der Waals surface area contributed by atoms with Crippen LogP contribution in [-0.4, -0.2) is 4.98 Å². The Morgan fingerprint density at radius 1 is 1.16 bits per heavy atom. The van der Waals surface area contributed by atoms with Crippen molar-refractivity contribution in [3.05, 3.63) is 45.9 Å². The Bertz CT molecular complexity index is 777. The van der Waals surface area contributed by atoms with Gasteiger partial charge in [-0.15, -0.1) is 0 Å². The van der Waals surface area contributed by atoms with Crippen LogP contribution in [0.2, 0.25) is 0 Å². The molecule has 0 radical (unpaired) electrons. The molecule has 0 amide bonds. The van der Waals surface area contributed by atoms with E-state index in [0.717, 1.165) is 38.0 Å². The van der Waals surface area contributed by atoms with Gasteiger partial charge in [0.15, 0.2) is 5.58 Å². The molecule has 0 aliphatic heterocycles. The van der Waals surface area contributed by atoms with Gasteiger partial charge in [0.05, 0.1) is 5.56 Å².